The number of rotatable bonds is 8. The lowest BCUT2D eigenvalue weighted by Crippen LogP contribution is -2.55. The number of aliphatic hydroxyl groups excluding tert-OH is 1. The van der Waals surface area contributed by atoms with E-state index >= 15 is 0 Å². The number of phenolic OH excluding ortho intramolecular Hbond substituents is 1. The number of benzene rings is 3. The number of nitrogens with zero attached hydrogens (tertiary/aromatic N) is 1. The maximum atomic E-state index is 13.2. The topological polar surface area (TPSA) is 90.5 Å². The Morgan fingerprint density at radius 3 is 2.23 bits per heavy atom. The summed E-state index contributed by atoms with van der Waals surface area (Å²) in [5.74, 6) is -0.408. The molecule has 5 rings (SSSR count). The first kappa shape index (κ1) is 30.6. The molecule has 0 spiro atoms. The molecule has 0 heterocycles. The summed E-state index contributed by atoms with van der Waals surface area (Å²) in [6.07, 6.45) is -0.765. The summed E-state index contributed by atoms with van der Waals surface area (Å²) in [6.45, 7) is 0. The summed E-state index contributed by atoms with van der Waals surface area (Å²) < 4.78 is 46.2. The second-order valence-electron chi connectivity index (χ2n) is 12.1. The van der Waals surface area contributed by atoms with Crippen LogP contribution in [0, 0.1) is 23.2 Å². The molecule has 2 aliphatic carbocycles. The van der Waals surface area contributed by atoms with E-state index in [0.717, 1.165) is 24.1 Å². The molecule has 0 saturated heterocycles. The van der Waals surface area contributed by atoms with E-state index in [9.17, 15) is 33.4 Å². The van der Waals surface area contributed by atoms with Gasteiger partial charge in [-0.3, -0.25) is 4.79 Å². The third kappa shape index (κ3) is 6.57. The van der Waals surface area contributed by atoms with Gasteiger partial charge in [0.1, 0.15) is 17.1 Å². The summed E-state index contributed by atoms with van der Waals surface area (Å²) >= 11 is 0. The monoisotopic (exact) mass is 591 g/mol. The lowest BCUT2D eigenvalue weighted by atomic mass is 9.63. The first-order valence-electron chi connectivity index (χ1n) is 14.9. The highest BCUT2D eigenvalue weighted by Gasteiger charge is 2.50. The molecular formula is C35H36F3NO4. The minimum Gasteiger partial charge on any atom is -0.507 e. The van der Waals surface area contributed by atoms with Gasteiger partial charge in [-0.05, 0) is 105 Å². The largest absolute Gasteiger partial charge is 0.507 e. The van der Waals surface area contributed by atoms with Crippen LogP contribution in [0.5, 0.6) is 11.5 Å². The van der Waals surface area contributed by atoms with Crippen molar-refractivity contribution in [3.05, 3.63) is 95.6 Å². The first-order valence-corrected chi connectivity index (χ1v) is 14.9. The van der Waals surface area contributed by atoms with Crippen molar-refractivity contribution < 1.29 is 32.9 Å². The number of ether oxygens (including phenoxy) is 1. The van der Waals surface area contributed by atoms with Crippen LogP contribution in [0.3, 0.4) is 0 Å². The van der Waals surface area contributed by atoms with Gasteiger partial charge in [0, 0.05) is 6.42 Å². The van der Waals surface area contributed by atoms with Crippen LogP contribution in [-0.4, -0.2) is 27.7 Å². The van der Waals surface area contributed by atoms with Crippen molar-refractivity contribution in [1.82, 2.24) is 0 Å². The number of nitriles is 1. The zero-order chi connectivity index (χ0) is 30.7. The quantitative estimate of drug-likeness (QED) is 0.259. The standard InChI is InChI=1S/C35H36F3NO4/c36-35(37,38)27-12-14-28(15-13-27)43-34(18-6-7-24(22-34)21-31(41)29-10-4-5-11-30(29)40)32(42)25-16-19-33(23-39,20-17-25)26-8-2-1-3-9-26/h1-5,8-15,24-25,32,40,42H,6-7,16-22H2/t24?,25?,32-,33?,34?/m0/s1. The average molecular weight is 592 g/mol. The normalized spacial score (nSPS) is 26.7. The van der Waals surface area contributed by atoms with Gasteiger partial charge in [-0.2, -0.15) is 18.4 Å². The number of Topliss-reactive ketones (excluding diaryl/α,β-unsaturated/α-hetero) is 1. The molecule has 0 bridgehead atoms. The van der Waals surface area contributed by atoms with Gasteiger partial charge in [0.25, 0.3) is 0 Å². The molecule has 3 aromatic carbocycles. The molecule has 3 atom stereocenters. The summed E-state index contributed by atoms with van der Waals surface area (Å²) in [7, 11) is 0. The van der Waals surface area contributed by atoms with E-state index in [1.165, 1.54) is 18.2 Å². The van der Waals surface area contributed by atoms with Crippen molar-refractivity contribution in [3.63, 3.8) is 0 Å². The number of hydrogen-bond acceptors (Lipinski definition) is 5. The molecule has 2 fully saturated rings. The molecule has 0 aliphatic heterocycles. The fourth-order valence-electron chi connectivity index (χ4n) is 7.11. The molecule has 3 aromatic rings. The number of para-hydroxylation sites is 1. The molecule has 2 saturated carbocycles. The van der Waals surface area contributed by atoms with Crippen LogP contribution < -0.4 is 4.74 Å². The van der Waals surface area contributed by atoms with Crippen LogP contribution in [0.4, 0.5) is 13.2 Å². The third-order valence-corrected chi connectivity index (χ3v) is 9.44. The summed E-state index contributed by atoms with van der Waals surface area (Å²) in [6, 6.07) is 23.1. The van der Waals surface area contributed by atoms with Crippen LogP contribution in [0.1, 0.15) is 79.3 Å². The Balaban J connectivity index is 1.39. The van der Waals surface area contributed by atoms with Crippen LogP contribution in [-0.2, 0) is 11.6 Å². The summed E-state index contributed by atoms with van der Waals surface area (Å²) in [5, 5.41) is 32.4. The van der Waals surface area contributed by atoms with Gasteiger partial charge in [-0.1, -0.05) is 42.5 Å². The van der Waals surface area contributed by atoms with Gasteiger partial charge in [-0.15, -0.1) is 0 Å². The molecule has 226 valence electrons. The van der Waals surface area contributed by atoms with Crippen molar-refractivity contribution in [2.75, 3.05) is 0 Å². The Bertz CT molecular complexity index is 1440. The number of halogens is 3. The molecule has 43 heavy (non-hydrogen) atoms. The van der Waals surface area contributed by atoms with E-state index in [4.69, 9.17) is 4.74 Å². The van der Waals surface area contributed by atoms with E-state index in [-0.39, 0.29) is 41.1 Å². The fourth-order valence-corrected chi connectivity index (χ4v) is 7.11. The molecule has 2 N–H and O–H groups in total. The number of ketones is 1. The van der Waals surface area contributed by atoms with Crippen molar-refractivity contribution in [2.45, 2.75) is 81.1 Å². The Kier molecular flexibility index (Phi) is 8.84. The molecule has 0 aromatic heterocycles. The lowest BCUT2D eigenvalue weighted by molar-refractivity contribution is -0.137. The number of hydrogen-bond donors (Lipinski definition) is 2. The zero-order valence-corrected chi connectivity index (χ0v) is 23.9. The molecular weight excluding hydrogens is 555 g/mol. The average Bonchev–Trinajstić information content (AvgIpc) is 3.01. The maximum Gasteiger partial charge on any atom is 0.416 e. The van der Waals surface area contributed by atoms with E-state index in [1.54, 1.807) is 18.2 Å². The van der Waals surface area contributed by atoms with Gasteiger partial charge in [0.05, 0.1) is 28.7 Å². The number of alkyl halides is 3. The van der Waals surface area contributed by atoms with E-state index in [2.05, 4.69) is 6.07 Å². The first-order chi connectivity index (χ1) is 20.6. The highest BCUT2D eigenvalue weighted by atomic mass is 19.4. The fraction of sp³-hybridized carbons (Fsp3) is 0.429. The van der Waals surface area contributed by atoms with Crippen LogP contribution in [0.2, 0.25) is 0 Å². The molecule has 0 amide bonds. The maximum absolute atomic E-state index is 13.2. The number of carbonyl (C=O) groups is 1. The second-order valence-corrected chi connectivity index (χ2v) is 12.1. The van der Waals surface area contributed by atoms with Crippen molar-refractivity contribution in [2.24, 2.45) is 11.8 Å². The molecule has 2 aliphatic rings. The van der Waals surface area contributed by atoms with Crippen LogP contribution in [0.15, 0.2) is 78.9 Å². The summed E-state index contributed by atoms with van der Waals surface area (Å²) in [4.78, 5) is 13.1. The minimum absolute atomic E-state index is 0.0859. The van der Waals surface area contributed by atoms with Gasteiger partial charge in [-0.25, -0.2) is 0 Å². The molecule has 8 heteroatoms. The smallest absolute Gasteiger partial charge is 0.416 e. The Morgan fingerprint density at radius 1 is 0.953 bits per heavy atom. The van der Waals surface area contributed by atoms with Crippen LogP contribution >= 0.6 is 0 Å². The van der Waals surface area contributed by atoms with E-state index in [1.807, 2.05) is 30.3 Å². The van der Waals surface area contributed by atoms with Crippen molar-refractivity contribution in [3.8, 4) is 17.6 Å². The minimum atomic E-state index is -4.48. The van der Waals surface area contributed by atoms with Gasteiger partial charge in [0.15, 0.2) is 5.78 Å². The highest BCUT2D eigenvalue weighted by molar-refractivity contribution is 5.98. The zero-order valence-electron chi connectivity index (χ0n) is 23.9. The Labute approximate surface area is 249 Å². The molecule has 0 radical (unpaired) electrons. The van der Waals surface area contributed by atoms with Crippen LogP contribution in [0.25, 0.3) is 0 Å². The Hall–Kier alpha value is -3.83. The SMILES string of the molecule is N#CC1(c2ccccc2)CCC([C@H](O)C2(Oc3ccc(C(F)(F)F)cc3)CCCC(CC(=O)c3ccccc3O)C2)CC1. The molecule has 5 nitrogen and oxygen atoms in total. The third-order valence-electron chi connectivity index (χ3n) is 9.44. The van der Waals surface area contributed by atoms with Gasteiger partial charge < -0.3 is 14.9 Å². The summed E-state index contributed by atoms with van der Waals surface area (Å²) in [5.41, 5.74) is -1.35. The van der Waals surface area contributed by atoms with Gasteiger partial charge in [0.2, 0.25) is 0 Å². The van der Waals surface area contributed by atoms with Crippen molar-refractivity contribution >= 4 is 5.78 Å². The van der Waals surface area contributed by atoms with E-state index < -0.39 is 28.9 Å². The van der Waals surface area contributed by atoms with E-state index in [0.29, 0.717) is 44.9 Å². The number of phenols is 1. The Morgan fingerprint density at radius 2 is 1.60 bits per heavy atom. The lowest BCUT2D eigenvalue weighted by Gasteiger charge is -2.48. The van der Waals surface area contributed by atoms with Crippen molar-refractivity contribution in [1.29, 1.82) is 5.26 Å². The predicted octanol–water partition coefficient (Wildman–Crippen LogP) is 8.00. The highest BCUT2D eigenvalue weighted by Crippen LogP contribution is 2.48. The number of aliphatic hydroxyl groups is 1. The number of aromatic hydroxyl groups is 1. The predicted molar refractivity (Wildman–Crippen MR) is 156 cm³/mol. The second kappa shape index (κ2) is 12.4. The number of carbonyl (C=O) groups excluding carboxylic acids is 1. The van der Waals surface area contributed by atoms with Gasteiger partial charge >= 0.3 is 6.18 Å². The molecule has 2 unspecified atom stereocenters.